The van der Waals surface area contributed by atoms with E-state index in [0.717, 1.165) is 18.9 Å². The van der Waals surface area contributed by atoms with Crippen molar-refractivity contribution >= 4 is 17.8 Å². The number of amides is 1. The number of esters is 2. The van der Waals surface area contributed by atoms with Gasteiger partial charge in [0.05, 0.1) is 7.11 Å². The maximum atomic E-state index is 12.0. The number of nitrogens with two attached hydrogens (primary N) is 1. The number of carbonyl (C=O) groups excluding carboxylic acids is 3. The topological polar surface area (TPSA) is 147 Å². The number of pyridine rings is 1. The van der Waals surface area contributed by atoms with Gasteiger partial charge in [0.15, 0.2) is 17.2 Å². The van der Waals surface area contributed by atoms with E-state index in [1.54, 1.807) is 0 Å². The standard InChI is InChI=1S/C18H20O2.C10H12N2O5.C6H5FO/c1-15(14-17-10-6-3-7-11-17)20-18(19)13-12-16-8-4-2-5-9-16;1-6(13)16-5-17-9-7(15-2)3-4-12-8(9)10(11)14;7-5-2-1-3-6(8)4-5/h2-11,15H,12-14H2,1H3;3-4H,5H2,1-2H3,(H2,11,14);1-4,8H. The molecular weight excluding hydrogens is 583 g/mol. The number of aromatic hydroxyl groups is 1. The lowest BCUT2D eigenvalue weighted by Crippen LogP contribution is -2.17. The zero-order chi connectivity index (χ0) is 33.0. The molecule has 4 aromatic rings. The number of hydrogen-bond acceptors (Lipinski definition) is 9. The first-order valence-electron chi connectivity index (χ1n) is 13.9. The van der Waals surface area contributed by atoms with Crippen molar-refractivity contribution in [2.45, 2.75) is 39.2 Å². The second kappa shape index (κ2) is 19.7. The van der Waals surface area contributed by atoms with Crippen LogP contribution in [0.5, 0.6) is 17.2 Å². The molecule has 3 aromatic carbocycles. The van der Waals surface area contributed by atoms with Gasteiger partial charge >= 0.3 is 11.9 Å². The molecule has 1 amide bonds. The predicted octanol–water partition coefficient (Wildman–Crippen LogP) is 5.41. The molecule has 0 aliphatic carbocycles. The molecule has 1 heterocycles. The van der Waals surface area contributed by atoms with Gasteiger partial charge in [-0.2, -0.15) is 0 Å². The van der Waals surface area contributed by atoms with E-state index in [1.807, 2.05) is 67.6 Å². The number of hydrogen-bond donors (Lipinski definition) is 2. The van der Waals surface area contributed by atoms with Crippen LogP contribution in [0.15, 0.2) is 97.2 Å². The second-order valence-corrected chi connectivity index (χ2v) is 9.41. The number of phenols is 1. The van der Waals surface area contributed by atoms with Crippen LogP contribution in [0.4, 0.5) is 4.39 Å². The van der Waals surface area contributed by atoms with Gasteiger partial charge in [-0.1, -0.05) is 66.7 Å². The molecular formula is C34H37FN2O8. The lowest BCUT2D eigenvalue weighted by atomic mass is 10.1. The molecule has 11 heteroatoms. The Labute approximate surface area is 261 Å². The molecule has 0 radical (unpaired) electrons. The van der Waals surface area contributed by atoms with Gasteiger partial charge in [0, 0.05) is 38.1 Å². The molecule has 0 fully saturated rings. The van der Waals surface area contributed by atoms with Gasteiger partial charge in [-0.25, -0.2) is 9.37 Å². The molecule has 1 atom stereocenters. The molecule has 0 saturated heterocycles. The SMILES string of the molecule is CC(Cc1ccccc1)OC(=O)CCc1ccccc1.COc1ccnc(C(N)=O)c1OCOC(C)=O.Oc1cccc(F)c1. The summed E-state index contributed by atoms with van der Waals surface area (Å²) in [5.74, 6) is -1.52. The number of rotatable bonds is 11. The van der Waals surface area contributed by atoms with Crippen LogP contribution < -0.4 is 15.2 Å². The third-order valence-electron chi connectivity index (χ3n) is 5.75. The summed E-state index contributed by atoms with van der Waals surface area (Å²) in [6, 6.07) is 26.8. The Bertz CT molecular complexity index is 1470. The number of halogens is 1. The quantitative estimate of drug-likeness (QED) is 0.166. The maximum Gasteiger partial charge on any atom is 0.306 e. The summed E-state index contributed by atoms with van der Waals surface area (Å²) in [5.41, 5.74) is 7.40. The molecule has 1 unspecified atom stereocenters. The van der Waals surface area contributed by atoms with Crippen LogP contribution in [0.2, 0.25) is 0 Å². The fourth-order valence-corrected chi connectivity index (χ4v) is 3.72. The summed E-state index contributed by atoms with van der Waals surface area (Å²) < 4.78 is 32.1. The highest BCUT2D eigenvalue weighted by Crippen LogP contribution is 2.29. The highest BCUT2D eigenvalue weighted by Gasteiger charge is 2.17. The van der Waals surface area contributed by atoms with Crippen molar-refractivity contribution in [3.8, 4) is 17.2 Å². The summed E-state index contributed by atoms with van der Waals surface area (Å²) in [7, 11) is 1.40. The van der Waals surface area contributed by atoms with Crippen LogP contribution >= 0.6 is 0 Å². The minimum absolute atomic E-state index is 0.0370. The van der Waals surface area contributed by atoms with Gasteiger partial charge < -0.3 is 29.8 Å². The molecule has 0 aliphatic rings. The lowest BCUT2D eigenvalue weighted by Gasteiger charge is -2.13. The van der Waals surface area contributed by atoms with E-state index in [4.69, 9.17) is 25.1 Å². The molecule has 0 spiro atoms. The Morgan fingerprint density at radius 1 is 0.933 bits per heavy atom. The average molecular weight is 621 g/mol. The van der Waals surface area contributed by atoms with Crippen LogP contribution in [0, 0.1) is 5.82 Å². The lowest BCUT2D eigenvalue weighted by molar-refractivity contribution is -0.148. The third-order valence-corrected chi connectivity index (χ3v) is 5.75. The van der Waals surface area contributed by atoms with E-state index in [-0.39, 0.29) is 41.8 Å². The van der Waals surface area contributed by atoms with Crippen LogP contribution in [0.3, 0.4) is 0 Å². The first-order valence-corrected chi connectivity index (χ1v) is 13.9. The van der Waals surface area contributed by atoms with Gasteiger partial charge in [0.25, 0.3) is 5.91 Å². The molecule has 0 aliphatic heterocycles. The number of phenolic OH excluding ortho intramolecular Hbond substituents is 1. The van der Waals surface area contributed by atoms with Crippen LogP contribution in [0.1, 0.15) is 41.9 Å². The average Bonchev–Trinajstić information content (AvgIpc) is 3.01. The summed E-state index contributed by atoms with van der Waals surface area (Å²) in [4.78, 5) is 37.2. The van der Waals surface area contributed by atoms with E-state index in [2.05, 4.69) is 9.72 Å². The van der Waals surface area contributed by atoms with Crippen molar-refractivity contribution in [2.75, 3.05) is 13.9 Å². The first kappa shape index (κ1) is 35.7. The van der Waals surface area contributed by atoms with Crippen molar-refractivity contribution in [1.82, 2.24) is 4.98 Å². The number of aryl methyl sites for hydroxylation is 1. The van der Waals surface area contributed by atoms with Crippen LogP contribution in [-0.4, -0.2) is 47.9 Å². The van der Waals surface area contributed by atoms with Gasteiger partial charge in [-0.3, -0.25) is 14.4 Å². The van der Waals surface area contributed by atoms with E-state index >= 15 is 0 Å². The minimum atomic E-state index is -0.762. The number of benzene rings is 3. The monoisotopic (exact) mass is 620 g/mol. The van der Waals surface area contributed by atoms with Crippen LogP contribution in [0.25, 0.3) is 0 Å². The summed E-state index contributed by atoms with van der Waals surface area (Å²) >= 11 is 0. The summed E-state index contributed by atoms with van der Waals surface area (Å²) in [6.07, 6.45) is 3.21. The Hall–Kier alpha value is -5.45. The predicted molar refractivity (Wildman–Crippen MR) is 165 cm³/mol. The number of methoxy groups -OCH3 is 1. The van der Waals surface area contributed by atoms with Crippen molar-refractivity contribution in [2.24, 2.45) is 5.73 Å². The Morgan fingerprint density at radius 3 is 2.11 bits per heavy atom. The summed E-state index contributed by atoms with van der Waals surface area (Å²) in [5, 5.41) is 8.57. The number of aromatic nitrogens is 1. The van der Waals surface area contributed by atoms with Gasteiger partial charge in [-0.05, 0) is 36.6 Å². The van der Waals surface area contributed by atoms with Gasteiger partial charge in [-0.15, -0.1) is 0 Å². The fraction of sp³-hybridized carbons (Fsp3) is 0.235. The molecule has 238 valence electrons. The minimum Gasteiger partial charge on any atom is -0.508 e. The maximum absolute atomic E-state index is 12.0. The van der Waals surface area contributed by atoms with Crippen molar-refractivity contribution in [1.29, 1.82) is 0 Å². The van der Waals surface area contributed by atoms with Crippen LogP contribution in [-0.2, 0) is 31.9 Å². The van der Waals surface area contributed by atoms with Gasteiger partial charge in [0.1, 0.15) is 17.7 Å². The molecule has 45 heavy (non-hydrogen) atoms. The fourth-order valence-electron chi connectivity index (χ4n) is 3.72. The molecule has 3 N–H and O–H groups in total. The highest BCUT2D eigenvalue weighted by molar-refractivity contribution is 5.94. The number of carbonyl (C=O) groups is 3. The molecule has 4 rings (SSSR count). The summed E-state index contributed by atoms with van der Waals surface area (Å²) in [6.45, 7) is 2.82. The zero-order valence-corrected chi connectivity index (χ0v) is 25.4. The van der Waals surface area contributed by atoms with E-state index in [9.17, 15) is 18.8 Å². The molecule has 10 nitrogen and oxygen atoms in total. The molecule has 1 aromatic heterocycles. The molecule has 0 saturated carbocycles. The first-order chi connectivity index (χ1) is 21.6. The van der Waals surface area contributed by atoms with Crippen molar-refractivity contribution in [3.63, 3.8) is 0 Å². The van der Waals surface area contributed by atoms with Crippen molar-refractivity contribution < 1.29 is 42.8 Å². The van der Waals surface area contributed by atoms with E-state index in [0.29, 0.717) is 6.42 Å². The second-order valence-electron chi connectivity index (χ2n) is 9.41. The number of primary amides is 1. The highest BCUT2D eigenvalue weighted by atomic mass is 19.1. The van der Waals surface area contributed by atoms with E-state index < -0.39 is 17.7 Å². The Kier molecular flexibility index (Phi) is 15.6. The van der Waals surface area contributed by atoms with E-state index in [1.165, 1.54) is 55.6 Å². The normalized spacial score (nSPS) is 10.5. The van der Waals surface area contributed by atoms with Crippen molar-refractivity contribution in [3.05, 3.63) is 120 Å². The number of ether oxygens (including phenoxy) is 4. The van der Waals surface area contributed by atoms with Gasteiger partial charge in [0.2, 0.25) is 6.79 Å². The number of nitrogens with zero attached hydrogens (tertiary/aromatic N) is 1. The smallest absolute Gasteiger partial charge is 0.306 e. The Balaban J connectivity index is 0.000000255. The third kappa shape index (κ3) is 14.5. The largest absolute Gasteiger partial charge is 0.508 e. The molecule has 0 bridgehead atoms. The zero-order valence-electron chi connectivity index (χ0n) is 25.4. The Morgan fingerprint density at radius 2 is 1.58 bits per heavy atom.